The molecule has 0 radical (unpaired) electrons. The van der Waals surface area contributed by atoms with Crippen LogP contribution in [0.5, 0.6) is 0 Å². The molecule has 1 saturated heterocycles. The van der Waals surface area contributed by atoms with Crippen LogP contribution in [0.1, 0.15) is 32.8 Å². The second kappa shape index (κ2) is 7.34. The summed E-state index contributed by atoms with van der Waals surface area (Å²) in [5.41, 5.74) is 4.60. The fraction of sp³-hybridized carbons (Fsp3) is 0.438. The zero-order chi connectivity index (χ0) is 16.9. The molecule has 1 heterocycles. The van der Waals surface area contributed by atoms with E-state index in [1.54, 1.807) is 26.0 Å². The number of hydrogen-bond donors (Lipinski definition) is 2. The number of hydrazone groups is 1. The summed E-state index contributed by atoms with van der Waals surface area (Å²) in [7, 11) is 0. The topological polar surface area (TPSA) is 89.0 Å². The Hall–Kier alpha value is -2.25. The van der Waals surface area contributed by atoms with Crippen LogP contribution in [0.15, 0.2) is 29.4 Å². The molecular formula is C16H21N3O4. The van der Waals surface area contributed by atoms with Crippen LogP contribution >= 0.6 is 0 Å². The van der Waals surface area contributed by atoms with Gasteiger partial charge in [-0.05, 0) is 31.5 Å². The number of benzene rings is 1. The highest BCUT2D eigenvalue weighted by atomic mass is 16.7. The minimum Gasteiger partial charge on any atom is -0.347 e. The average molecular weight is 319 g/mol. The van der Waals surface area contributed by atoms with Crippen LogP contribution in [-0.2, 0) is 19.1 Å². The van der Waals surface area contributed by atoms with Crippen LogP contribution in [-0.4, -0.2) is 36.5 Å². The van der Waals surface area contributed by atoms with Crippen LogP contribution in [0.25, 0.3) is 0 Å². The van der Waals surface area contributed by atoms with Gasteiger partial charge in [0.15, 0.2) is 5.79 Å². The quantitative estimate of drug-likeness (QED) is 0.638. The Morgan fingerprint density at radius 2 is 1.96 bits per heavy atom. The van der Waals surface area contributed by atoms with Gasteiger partial charge in [0.1, 0.15) is 0 Å². The summed E-state index contributed by atoms with van der Waals surface area (Å²) in [5, 5.41) is 6.78. The standard InChI is InChI=1S/C16H21N3O4/c1-11(13-5-4-6-14(9-13)17-12(2)20)18-19-15(21)10-16(3)22-7-8-23-16/h4-6,9H,7-8,10H2,1-3H3,(H,17,20)(H,19,21)/b18-11+. The minimum absolute atomic E-state index is 0.0791. The van der Waals surface area contributed by atoms with Crippen molar-refractivity contribution in [2.24, 2.45) is 5.10 Å². The van der Waals surface area contributed by atoms with Crippen molar-refractivity contribution in [1.29, 1.82) is 0 Å². The van der Waals surface area contributed by atoms with Crippen molar-refractivity contribution in [2.75, 3.05) is 18.5 Å². The van der Waals surface area contributed by atoms with E-state index in [2.05, 4.69) is 15.8 Å². The Labute approximate surface area is 135 Å². The van der Waals surface area contributed by atoms with E-state index >= 15 is 0 Å². The highest BCUT2D eigenvalue weighted by Crippen LogP contribution is 2.22. The SMILES string of the molecule is CC(=O)Nc1cccc(/C(C)=N/NC(=O)CC2(C)OCCO2)c1. The van der Waals surface area contributed by atoms with E-state index in [4.69, 9.17) is 9.47 Å². The number of nitrogens with one attached hydrogen (secondary N) is 2. The number of hydrogen-bond acceptors (Lipinski definition) is 5. The molecule has 2 rings (SSSR count). The van der Waals surface area contributed by atoms with Crippen molar-refractivity contribution in [3.63, 3.8) is 0 Å². The van der Waals surface area contributed by atoms with Gasteiger partial charge in [0.25, 0.3) is 0 Å². The van der Waals surface area contributed by atoms with Gasteiger partial charge in [0.2, 0.25) is 11.8 Å². The summed E-state index contributed by atoms with van der Waals surface area (Å²) >= 11 is 0. The molecule has 1 aromatic carbocycles. The summed E-state index contributed by atoms with van der Waals surface area (Å²) in [5.74, 6) is -1.31. The Morgan fingerprint density at radius 3 is 2.61 bits per heavy atom. The van der Waals surface area contributed by atoms with Crippen LogP contribution in [0.3, 0.4) is 0 Å². The number of carbonyl (C=O) groups is 2. The number of ether oxygens (including phenoxy) is 2. The smallest absolute Gasteiger partial charge is 0.245 e. The molecule has 0 atom stereocenters. The molecule has 7 heteroatoms. The first-order chi connectivity index (χ1) is 10.9. The van der Waals surface area contributed by atoms with Crippen LogP contribution in [0.4, 0.5) is 5.69 Å². The highest BCUT2D eigenvalue weighted by molar-refractivity contribution is 6.00. The van der Waals surface area contributed by atoms with E-state index < -0.39 is 5.79 Å². The third kappa shape index (κ3) is 5.15. The van der Waals surface area contributed by atoms with Gasteiger partial charge in [-0.2, -0.15) is 5.10 Å². The van der Waals surface area contributed by atoms with E-state index in [0.717, 1.165) is 5.56 Å². The van der Waals surface area contributed by atoms with Crippen molar-refractivity contribution < 1.29 is 19.1 Å². The molecule has 0 aromatic heterocycles. The number of carbonyl (C=O) groups excluding carboxylic acids is 2. The van der Waals surface area contributed by atoms with Gasteiger partial charge in [-0.3, -0.25) is 9.59 Å². The first kappa shape index (κ1) is 17.1. The van der Waals surface area contributed by atoms with Crippen molar-refractivity contribution in [1.82, 2.24) is 5.43 Å². The summed E-state index contributed by atoms with van der Waals surface area (Å²) in [4.78, 5) is 23.0. The summed E-state index contributed by atoms with van der Waals surface area (Å²) < 4.78 is 10.8. The van der Waals surface area contributed by atoms with Crippen molar-refractivity contribution in [3.8, 4) is 0 Å². The molecule has 0 bridgehead atoms. The van der Waals surface area contributed by atoms with Crippen molar-refractivity contribution in [3.05, 3.63) is 29.8 Å². The predicted molar refractivity (Wildman–Crippen MR) is 86.0 cm³/mol. The van der Waals surface area contributed by atoms with Gasteiger partial charge >= 0.3 is 0 Å². The van der Waals surface area contributed by atoms with E-state index in [-0.39, 0.29) is 18.2 Å². The Morgan fingerprint density at radius 1 is 1.26 bits per heavy atom. The molecule has 23 heavy (non-hydrogen) atoms. The summed E-state index contributed by atoms with van der Waals surface area (Å²) in [6.45, 7) is 5.93. The molecule has 0 saturated carbocycles. The third-order valence-corrected chi connectivity index (χ3v) is 3.33. The molecular weight excluding hydrogens is 298 g/mol. The molecule has 2 N–H and O–H groups in total. The lowest BCUT2D eigenvalue weighted by Gasteiger charge is -2.20. The summed E-state index contributed by atoms with van der Waals surface area (Å²) in [6.07, 6.45) is 0.0791. The van der Waals surface area contributed by atoms with Crippen molar-refractivity contribution in [2.45, 2.75) is 33.0 Å². The molecule has 7 nitrogen and oxygen atoms in total. The zero-order valence-corrected chi connectivity index (χ0v) is 13.5. The predicted octanol–water partition coefficient (Wildman–Crippen LogP) is 1.64. The van der Waals surface area contributed by atoms with Gasteiger partial charge < -0.3 is 14.8 Å². The molecule has 1 aliphatic heterocycles. The second-order valence-corrected chi connectivity index (χ2v) is 5.50. The lowest BCUT2D eigenvalue weighted by Crippen LogP contribution is -2.33. The van der Waals surface area contributed by atoms with Gasteiger partial charge in [-0.25, -0.2) is 5.43 Å². The molecule has 1 fully saturated rings. The van der Waals surface area contributed by atoms with E-state index in [0.29, 0.717) is 24.6 Å². The van der Waals surface area contributed by atoms with E-state index in [1.807, 2.05) is 12.1 Å². The van der Waals surface area contributed by atoms with Gasteiger partial charge in [-0.15, -0.1) is 0 Å². The fourth-order valence-electron chi connectivity index (χ4n) is 2.23. The van der Waals surface area contributed by atoms with Crippen LogP contribution in [0.2, 0.25) is 0 Å². The van der Waals surface area contributed by atoms with Gasteiger partial charge in [0.05, 0.1) is 25.3 Å². The molecule has 1 aliphatic rings. The lowest BCUT2D eigenvalue weighted by molar-refractivity contribution is -0.159. The number of rotatable bonds is 5. The Balaban J connectivity index is 1.96. The normalized spacial score (nSPS) is 16.9. The van der Waals surface area contributed by atoms with Gasteiger partial charge in [-0.1, -0.05) is 12.1 Å². The Bertz CT molecular complexity index is 622. The largest absolute Gasteiger partial charge is 0.347 e. The second-order valence-electron chi connectivity index (χ2n) is 5.50. The maximum atomic E-state index is 11.9. The molecule has 124 valence electrons. The van der Waals surface area contributed by atoms with E-state index in [1.165, 1.54) is 6.92 Å². The lowest BCUT2D eigenvalue weighted by atomic mass is 10.1. The van der Waals surface area contributed by atoms with Gasteiger partial charge in [0, 0.05) is 12.6 Å². The third-order valence-electron chi connectivity index (χ3n) is 3.33. The zero-order valence-electron chi connectivity index (χ0n) is 13.5. The van der Waals surface area contributed by atoms with Crippen molar-refractivity contribution >= 4 is 23.2 Å². The Kier molecular flexibility index (Phi) is 5.46. The maximum Gasteiger partial charge on any atom is 0.245 e. The number of nitrogens with zero attached hydrogens (tertiary/aromatic N) is 1. The highest BCUT2D eigenvalue weighted by Gasteiger charge is 2.33. The molecule has 0 unspecified atom stereocenters. The first-order valence-electron chi connectivity index (χ1n) is 7.37. The first-order valence-corrected chi connectivity index (χ1v) is 7.37. The number of amides is 2. The fourth-order valence-corrected chi connectivity index (χ4v) is 2.23. The summed E-state index contributed by atoms with van der Waals surface area (Å²) in [6, 6.07) is 7.23. The monoisotopic (exact) mass is 319 g/mol. The van der Waals surface area contributed by atoms with Crippen LogP contribution in [0, 0.1) is 0 Å². The molecule has 2 amide bonds. The molecule has 0 aliphatic carbocycles. The molecule has 0 spiro atoms. The van der Waals surface area contributed by atoms with Crippen LogP contribution < -0.4 is 10.7 Å². The van der Waals surface area contributed by atoms with E-state index in [9.17, 15) is 9.59 Å². The average Bonchev–Trinajstić information content (AvgIpc) is 2.90. The minimum atomic E-state index is -0.876. The molecule has 1 aromatic rings. The maximum absolute atomic E-state index is 11.9. The number of anilines is 1.